The first-order valence-electron chi connectivity index (χ1n) is 3.04. The summed E-state index contributed by atoms with van der Waals surface area (Å²) in [5.41, 5.74) is 0.859. The van der Waals surface area contributed by atoms with Gasteiger partial charge in [-0.1, -0.05) is 6.92 Å². The second-order valence-corrected chi connectivity index (χ2v) is 1.98. The maximum atomic E-state index is 9.16. The fourth-order valence-electron chi connectivity index (χ4n) is 0.700. The zero-order valence-corrected chi connectivity index (χ0v) is 5.37. The Hall–Kier alpha value is -0.760. The van der Waals surface area contributed by atoms with Crippen LogP contribution in [0, 0.1) is 0 Å². The molecule has 1 rings (SSSR count). The molecule has 0 aliphatic heterocycles. The molecular formula is C7H10O2. The first kappa shape index (κ1) is 6.36. The third-order valence-electron chi connectivity index (χ3n) is 1.31. The lowest BCUT2D eigenvalue weighted by atomic mass is 10.1. The average molecular weight is 126 g/mol. The summed E-state index contributed by atoms with van der Waals surface area (Å²) in [4.78, 5) is 0. The minimum Gasteiger partial charge on any atom is -0.472 e. The monoisotopic (exact) mass is 126 g/mol. The molecule has 9 heavy (non-hydrogen) atoms. The van der Waals surface area contributed by atoms with Crippen molar-refractivity contribution in [1.29, 1.82) is 0 Å². The van der Waals surface area contributed by atoms with Crippen LogP contribution in [0.15, 0.2) is 23.0 Å². The molecule has 1 aromatic heterocycles. The largest absolute Gasteiger partial charge is 0.472 e. The zero-order chi connectivity index (χ0) is 6.69. The van der Waals surface area contributed by atoms with Crippen molar-refractivity contribution in [1.82, 2.24) is 0 Å². The predicted molar refractivity (Wildman–Crippen MR) is 34.0 cm³/mol. The Morgan fingerprint density at radius 1 is 1.78 bits per heavy atom. The number of aliphatic hydroxyl groups excluding tert-OH is 1. The lowest BCUT2D eigenvalue weighted by Gasteiger charge is -2.00. The third kappa shape index (κ3) is 1.33. The number of furan rings is 1. The summed E-state index contributed by atoms with van der Waals surface area (Å²) in [5.74, 6) is 0. The van der Waals surface area contributed by atoms with Crippen LogP contribution in [0.4, 0.5) is 0 Å². The molecule has 0 aliphatic carbocycles. The van der Waals surface area contributed by atoms with Crippen LogP contribution in [0.2, 0.25) is 0 Å². The van der Waals surface area contributed by atoms with Gasteiger partial charge >= 0.3 is 0 Å². The normalized spacial score (nSPS) is 13.6. The molecule has 1 heterocycles. The van der Waals surface area contributed by atoms with Crippen molar-refractivity contribution in [3.63, 3.8) is 0 Å². The van der Waals surface area contributed by atoms with Gasteiger partial charge in [-0.15, -0.1) is 0 Å². The third-order valence-corrected chi connectivity index (χ3v) is 1.31. The van der Waals surface area contributed by atoms with Crippen molar-refractivity contribution in [2.75, 3.05) is 0 Å². The van der Waals surface area contributed by atoms with Crippen LogP contribution in [-0.2, 0) is 0 Å². The highest BCUT2D eigenvalue weighted by Crippen LogP contribution is 2.15. The molecule has 0 radical (unpaired) electrons. The SMILES string of the molecule is CC[C@H](O)c1ccoc1. The van der Waals surface area contributed by atoms with Crippen LogP contribution < -0.4 is 0 Å². The van der Waals surface area contributed by atoms with Gasteiger partial charge in [0.15, 0.2) is 0 Å². The average Bonchev–Trinajstić information content (AvgIpc) is 2.37. The quantitative estimate of drug-likeness (QED) is 0.654. The van der Waals surface area contributed by atoms with E-state index in [1.807, 2.05) is 6.92 Å². The van der Waals surface area contributed by atoms with E-state index in [1.165, 1.54) is 0 Å². The lowest BCUT2D eigenvalue weighted by Crippen LogP contribution is -1.90. The molecule has 1 N–H and O–H groups in total. The van der Waals surface area contributed by atoms with Gasteiger partial charge < -0.3 is 9.52 Å². The molecule has 0 bridgehead atoms. The van der Waals surface area contributed by atoms with E-state index < -0.39 is 0 Å². The van der Waals surface area contributed by atoms with Crippen LogP contribution in [0.1, 0.15) is 25.0 Å². The Labute approximate surface area is 54.1 Å². The van der Waals surface area contributed by atoms with Gasteiger partial charge in [-0.25, -0.2) is 0 Å². The topological polar surface area (TPSA) is 33.4 Å². The summed E-state index contributed by atoms with van der Waals surface area (Å²) in [6.07, 6.45) is 3.51. The first-order chi connectivity index (χ1) is 4.34. The van der Waals surface area contributed by atoms with Crippen molar-refractivity contribution in [3.05, 3.63) is 24.2 Å². The lowest BCUT2D eigenvalue weighted by molar-refractivity contribution is 0.173. The molecular weight excluding hydrogens is 116 g/mol. The number of hydrogen-bond acceptors (Lipinski definition) is 2. The maximum absolute atomic E-state index is 9.16. The highest BCUT2D eigenvalue weighted by molar-refractivity contribution is 5.08. The van der Waals surface area contributed by atoms with Crippen molar-refractivity contribution >= 4 is 0 Å². The summed E-state index contributed by atoms with van der Waals surface area (Å²) < 4.78 is 4.78. The Morgan fingerprint density at radius 3 is 3.00 bits per heavy atom. The van der Waals surface area contributed by atoms with Crippen molar-refractivity contribution < 1.29 is 9.52 Å². The van der Waals surface area contributed by atoms with E-state index in [1.54, 1.807) is 18.6 Å². The van der Waals surface area contributed by atoms with E-state index in [9.17, 15) is 0 Å². The highest BCUT2D eigenvalue weighted by Gasteiger charge is 2.03. The predicted octanol–water partition coefficient (Wildman–Crippen LogP) is 1.72. The summed E-state index contributed by atoms with van der Waals surface area (Å²) in [6, 6.07) is 1.77. The van der Waals surface area contributed by atoms with Gasteiger partial charge in [0, 0.05) is 5.56 Å². The van der Waals surface area contributed by atoms with Crippen LogP contribution in [-0.4, -0.2) is 5.11 Å². The van der Waals surface area contributed by atoms with Gasteiger partial charge in [-0.05, 0) is 12.5 Å². The van der Waals surface area contributed by atoms with E-state index in [-0.39, 0.29) is 6.10 Å². The van der Waals surface area contributed by atoms with Gasteiger partial charge in [0.25, 0.3) is 0 Å². The van der Waals surface area contributed by atoms with Crippen molar-refractivity contribution in [2.24, 2.45) is 0 Å². The molecule has 0 spiro atoms. The molecule has 0 unspecified atom stereocenters. The molecule has 0 fully saturated rings. The summed E-state index contributed by atoms with van der Waals surface area (Å²) in [7, 11) is 0. The standard InChI is InChI=1S/C7H10O2/c1-2-7(8)6-3-4-9-5-6/h3-5,7-8H,2H2,1H3/t7-/m0/s1. The van der Waals surface area contributed by atoms with Gasteiger partial charge in [-0.3, -0.25) is 0 Å². The molecule has 0 amide bonds. The van der Waals surface area contributed by atoms with Crippen molar-refractivity contribution in [2.45, 2.75) is 19.4 Å². The first-order valence-corrected chi connectivity index (χ1v) is 3.04. The fourth-order valence-corrected chi connectivity index (χ4v) is 0.700. The highest BCUT2D eigenvalue weighted by atomic mass is 16.3. The van der Waals surface area contributed by atoms with Crippen LogP contribution >= 0.6 is 0 Å². The molecule has 1 atom stereocenters. The molecule has 0 aromatic carbocycles. The van der Waals surface area contributed by atoms with E-state index in [0.29, 0.717) is 0 Å². The van der Waals surface area contributed by atoms with Gasteiger partial charge in [0.05, 0.1) is 18.6 Å². The minimum absolute atomic E-state index is 0.358. The van der Waals surface area contributed by atoms with Crippen LogP contribution in [0.3, 0.4) is 0 Å². The number of aliphatic hydroxyl groups is 1. The molecule has 50 valence electrons. The number of rotatable bonds is 2. The van der Waals surface area contributed by atoms with E-state index in [4.69, 9.17) is 9.52 Å². The second-order valence-electron chi connectivity index (χ2n) is 1.98. The minimum atomic E-state index is -0.358. The van der Waals surface area contributed by atoms with E-state index in [2.05, 4.69) is 0 Å². The molecule has 0 aliphatic rings. The molecule has 1 aromatic rings. The van der Waals surface area contributed by atoms with Gasteiger partial charge in [0.1, 0.15) is 0 Å². The molecule has 0 saturated heterocycles. The van der Waals surface area contributed by atoms with Crippen molar-refractivity contribution in [3.8, 4) is 0 Å². The summed E-state index contributed by atoms with van der Waals surface area (Å²) >= 11 is 0. The fraction of sp³-hybridized carbons (Fsp3) is 0.429. The smallest absolute Gasteiger partial charge is 0.0960 e. The Morgan fingerprint density at radius 2 is 2.56 bits per heavy atom. The molecule has 2 nitrogen and oxygen atoms in total. The second kappa shape index (κ2) is 2.69. The maximum Gasteiger partial charge on any atom is 0.0960 e. The Balaban J connectivity index is 2.65. The van der Waals surface area contributed by atoms with Crippen LogP contribution in [0.25, 0.3) is 0 Å². The van der Waals surface area contributed by atoms with Gasteiger partial charge in [-0.2, -0.15) is 0 Å². The van der Waals surface area contributed by atoms with Crippen LogP contribution in [0.5, 0.6) is 0 Å². The molecule has 2 heteroatoms. The Bertz CT molecular complexity index is 155. The van der Waals surface area contributed by atoms with E-state index >= 15 is 0 Å². The molecule has 0 saturated carbocycles. The zero-order valence-electron chi connectivity index (χ0n) is 5.37. The Kier molecular flexibility index (Phi) is 1.90. The van der Waals surface area contributed by atoms with Gasteiger partial charge in [0.2, 0.25) is 0 Å². The number of hydrogen-bond donors (Lipinski definition) is 1. The summed E-state index contributed by atoms with van der Waals surface area (Å²) in [6.45, 7) is 1.93. The van der Waals surface area contributed by atoms with E-state index in [0.717, 1.165) is 12.0 Å². The summed E-state index contributed by atoms with van der Waals surface area (Å²) in [5, 5.41) is 9.16.